The third kappa shape index (κ3) is 4.09. The SMILES string of the molecule is C=C[C@@H]1CN(CCNC)C(=O)[C@@H]2CCC[C@H]1N2S(=O)(=O)c1cc(Cl)cc(Cl)c1. The molecule has 0 saturated carbocycles. The summed E-state index contributed by atoms with van der Waals surface area (Å²) in [5, 5.41) is 3.53. The Kier molecular flexibility index (Phi) is 6.72. The van der Waals surface area contributed by atoms with E-state index >= 15 is 0 Å². The number of piperidine rings is 1. The smallest absolute Gasteiger partial charge is 0.244 e. The topological polar surface area (TPSA) is 69.7 Å². The maximum atomic E-state index is 13.6. The third-order valence-corrected chi connectivity index (χ3v) is 7.83. The second-order valence-corrected chi connectivity index (χ2v) is 9.96. The van der Waals surface area contributed by atoms with E-state index in [0.29, 0.717) is 32.5 Å². The van der Waals surface area contributed by atoms with Crippen molar-refractivity contribution in [1.82, 2.24) is 14.5 Å². The molecule has 3 rings (SSSR count). The number of nitrogens with one attached hydrogen (secondary N) is 1. The summed E-state index contributed by atoms with van der Waals surface area (Å²) < 4.78 is 28.5. The van der Waals surface area contributed by atoms with Crippen LogP contribution in [0.5, 0.6) is 0 Å². The average molecular weight is 446 g/mol. The Hall–Kier alpha value is -1.12. The van der Waals surface area contributed by atoms with Crippen molar-refractivity contribution in [3.63, 3.8) is 0 Å². The lowest BCUT2D eigenvalue weighted by atomic mass is 9.90. The van der Waals surface area contributed by atoms with Gasteiger partial charge in [-0.15, -0.1) is 6.58 Å². The number of fused-ring (bicyclic) bond motifs is 2. The molecule has 0 aliphatic carbocycles. The van der Waals surface area contributed by atoms with Gasteiger partial charge in [-0.25, -0.2) is 8.42 Å². The molecular formula is C19H25Cl2N3O3S. The summed E-state index contributed by atoms with van der Waals surface area (Å²) in [5.74, 6) is -0.295. The number of carbonyl (C=O) groups is 1. The summed E-state index contributed by atoms with van der Waals surface area (Å²) >= 11 is 12.1. The summed E-state index contributed by atoms with van der Waals surface area (Å²) in [5.41, 5.74) is 0. The zero-order valence-corrected chi connectivity index (χ0v) is 18.1. The molecule has 6 nitrogen and oxygen atoms in total. The van der Waals surface area contributed by atoms with Gasteiger partial charge in [0.1, 0.15) is 6.04 Å². The lowest BCUT2D eigenvalue weighted by Crippen LogP contribution is -2.54. The number of hydrogen-bond acceptors (Lipinski definition) is 4. The van der Waals surface area contributed by atoms with Crippen LogP contribution in [0.3, 0.4) is 0 Å². The predicted molar refractivity (Wildman–Crippen MR) is 111 cm³/mol. The highest BCUT2D eigenvalue weighted by atomic mass is 35.5. The van der Waals surface area contributed by atoms with Gasteiger partial charge in [-0.2, -0.15) is 4.31 Å². The first-order valence-electron chi connectivity index (χ1n) is 9.35. The summed E-state index contributed by atoms with van der Waals surface area (Å²) in [6.07, 6.45) is 3.76. The molecule has 1 aromatic carbocycles. The average Bonchev–Trinajstić information content (AvgIpc) is 2.72. The molecule has 9 heteroatoms. The van der Waals surface area contributed by atoms with Gasteiger partial charge in [0.2, 0.25) is 15.9 Å². The van der Waals surface area contributed by atoms with E-state index in [4.69, 9.17) is 23.2 Å². The molecule has 1 N–H and O–H groups in total. The minimum Gasteiger partial charge on any atom is -0.339 e. The van der Waals surface area contributed by atoms with Crippen LogP contribution < -0.4 is 5.32 Å². The molecule has 2 bridgehead atoms. The first kappa shape index (κ1) is 21.6. The van der Waals surface area contributed by atoms with Gasteiger partial charge < -0.3 is 10.2 Å². The molecule has 0 aromatic heterocycles. The second-order valence-electron chi connectivity index (χ2n) is 7.24. The van der Waals surface area contributed by atoms with Gasteiger partial charge in [-0.1, -0.05) is 29.3 Å². The monoisotopic (exact) mass is 445 g/mol. The first-order valence-corrected chi connectivity index (χ1v) is 11.5. The fraction of sp³-hybridized carbons (Fsp3) is 0.526. The molecule has 2 saturated heterocycles. The molecule has 2 fully saturated rings. The molecule has 1 amide bonds. The summed E-state index contributed by atoms with van der Waals surface area (Å²) in [7, 11) is -2.13. The molecule has 154 valence electrons. The Morgan fingerprint density at radius 3 is 2.54 bits per heavy atom. The van der Waals surface area contributed by atoms with E-state index in [1.54, 1.807) is 11.0 Å². The predicted octanol–water partition coefficient (Wildman–Crippen LogP) is 2.77. The molecule has 28 heavy (non-hydrogen) atoms. The normalized spacial score (nSPS) is 26.2. The van der Waals surface area contributed by atoms with E-state index in [0.717, 1.165) is 6.42 Å². The highest BCUT2D eigenvalue weighted by Gasteiger charge is 2.49. The van der Waals surface area contributed by atoms with Crippen LogP contribution in [0.15, 0.2) is 35.7 Å². The number of rotatable bonds is 6. The van der Waals surface area contributed by atoms with Gasteiger partial charge in [0.15, 0.2) is 0 Å². The molecule has 0 radical (unpaired) electrons. The molecule has 2 aliphatic heterocycles. The molecular weight excluding hydrogens is 421 g/mol. The van der Waals surface area contributed by atoms with Crippen LogP contribution in [0.2, 0.25) is 10.0 Å². The number of benzene rings is 1. The number of amides is 1. The van der Waals surface area contributed by atoms with Crippen LogP contribution in [0, 0.1) is 5.92 Å². The minimum atomic E-state index is -3.96. The molecule has 1 aromatic rings. The van der Waals surface area contributed by atoms with Crippen LogP contribution >= 0.6 is 23.2 Å². The van der Waals surface area contributed by atoms with Crippen molar-refractivity contribution < 1.29 is 13.2 Å². The van der Waals surface area contributed by atoms with E-state index in [2.05, 4.69) is 11.9 Å². The van der Waals surface area contributed by atoms with Crippen LogP contribution in [0.4, 0.5) is 0 Å². The van der Waals surface area contributed by atoms with Crippen LogP contribution in [0.25, 0.3) is 0 Å². The van der Waals surface area contributed by atoms with E-state index < -0.39 is 16.1 Å². The van der Waals surface area contributed by atoms with E-state index in [1.807, 2.05) is 7.05 Å². The highest BCUT2D eigenvalue weighted by molar-refractivity contribution is 7.89. The van der Waals surface area contributed by atoms with Gasteiger partial charge in [0.05, 0.1) is 4.90 Å². The molecule has 0 unspecified atom stereocenters. The Balaban J connectivity index is 2.07. The van der Waals surface area contributed by atoms with Crippen molar-refractivity contribution in [2.75, 3.05) is 26.7 Å². The number of sulfonamides is 1. The Morgan fingerprint density at radius 2 is 1.93 bits per heavy atom. The molecule has 2 aliphatic rings. The zero-order valence-electron chi connectivity index (χ0n) is 15.8. The molecule has 0 spiro atoms. The van der Waals surface area contributed by atoms with Crippen LogP contribution in [-0.2, 0) is 14.8 Å². The summed E-state index contributed by atoms with van der Waals surface area (Å²) in [6, 6.07) is 3.22. The van der Waals surface area contributed by atoms with Crippen LogP contribution in [-0.4, -0.2) is 62.3 Å². The standard InChI is InChI=1S/C19H25Cl2N3O3S/c1-3-13-12-23(8-7-22-2)19(25)18-6-4-5-17(13)24(18)28(26,27)16-10-14(20)9-15(21)11-16/h3,9-11,13,17-18,22H,1,4-8,12H2,2H3/t13-,17-,18+/m1/s1. The van der Waals surface area contributed by atoms with E-state index in [-0.39, 0.29) is 32.8 Å². The second kappa shape index (κ2) is 8.71. The number of carbonyl (C=O) groups excluding carboxylic acids is 1. The van der Waals surface area contributed by atoms with Crippen molar-refractivity contribution in [3.05, 3.63) is 40.9 Å². The maximum absolute atomic E-state index is 13.6. The maximum Gasteiger partial charge on any atom is 0.244 e. The van der Waals surface area contributed by atoms with Gasteiger partial charge in [-0.05, 0) is 44.5 Å². The van der Waals surface area contributed by atoms with Crippen LogP contribution in [0.1, 0.15) is 19.3 Å². The minimum absolute atomic E-state index is 0.0150. The van der Waals surface area contributed by atoms with Crippen molar-refractivity contribution in [2.24, 2.45) is 5.92 Å². The van der Waals surface area contributed by atoms with Gasteiger partial charge in [0.25, 0.3) is 0 Å². The number of nitrogens with zero attached hydrogens (tertiary/aromatic N) is 2. The van der Waals surface area contributed by atoms with Gasteiger partial charge in [0, 0.05) is 41.6 Å². The van der Waals surface area contributed by atoms with Gasteiger partial charge in [-0.3, -0.25) is 4.79 Å². The lowest BCUT2D eigenvalue weighted by molar-refractivity contribution is -0.135. The number of hydrogen-bond donors (Lipinski definition) is 1. The lowest BCUT2D eigenvalue weighted by Gasteiger charge is -2.40. The van der Waals surface area contributed by atoms with E-state index in [9.17, 15) is 13.2 Å². The summed E-state index contributed by atoms with van der Waals surface area (Å²) in [4.78, 5) is 15.0. The van der Waals surface area contributed by atoms with Gasteiger partial charge >= 0.3 is 0 Å². The Bertz CT molecular complexity index is 842. The number of likely N-dealkylation sites (N-methyl/N-ethyl adjacent to an activating group) is 1. The van der Waals surface area contributed by atoms with Crippen molar-refractivity contribution in [1.29, 1.82) is 0 Å². The first-order chi connectivity index (χ1) is 13.3. The third-order valence-electron chi connectivity index (χ3n) is 5.48. The molecule has 2 heterocycles. The summed E-state index contributed by atoms with van der Waals surface area (Å²) in [6.45, 7) is 5.55. The quantitative estimate of drug-likeness (QED) is 0.683. The van der Waals surface area contributed by atoms with Crippen molar-refractivity contribution in [3.8, 4) is 0 Å². The zero-order chi connectivity index (χ0) is 20.5. The Morgan fingerprint density at radius 1 is 1.25 bits per heavy atom. The van der Waals surface area contributed by atoms with Crippen molar-refractivity contribution in [2.45, 2.75) is 36.2 Å². The molecule has 3 atom stereocenters. The highest BCUT2D eigenvalue weighted by Crippen LogP contribution is 2.38. The van der Waals surface area contributed by atoms with Crippen molar-refractivity contribution >= 4 is 39.1 Å². The van der Waals surface area contributed by atoms with E-state index in [1.165, 1.54) is 22.5 Å². The Labute approximate surface area is 176 Å². The number of halogens is 2. The fourth-order valence-electron chi connectivity index (χ4n) is 4.14. The largest absolute Gasteiger partial charge is 0.339 e. The fourth-order valence-corrected chi connectivity index (χ4v) is 6.74.